The third kappa shape index (κ3) is 3.69. The molecule has 0 aliphatic heterocycles. The van der Waals surface area contributed by atoms with Crippen molar-refractivity contribution in [2.24, 2.45) is 14.1 Å². The first kappa shape index (κ1) is 22.5. The Morgan fingerprint density at radius 2 is 1.83 bits per heavy atom. The van der Waals surface area contributed by atoms with E-state index in [9.17, 15) is 10.1 Å². The van der Waals surface area contributed by atoms with E-state index in [2.05, 4.69) is 16.0 Å². The lowest BCUT2D eigenvalue weighted by Crippen LogP contribution is -2.28. The Labute approximate surface area is 205 Å². The highest BCUT2D eigenvalue weighted by molar-refractivity contribution is 6.30. The third-order valence-corrected chi connectivity index (χ3v) is 6.45. The van der Waals surface area contributed by atoms with Crippen molar-refractivity contribution in [3.05, 3.63) is 117 Å². The highest BCUT2D eigenvalue weighted by Crippen LogP contribution is 2.41. The maximum atomic E-state index is 17.3. The van der Waals surface area contributed by atoms with Crippen molar-refractivity contribution in [2.45, 2.75) is 5.67 Å². The molecule has 0 aliphatic rings. The van der Waals surface area contributed by atoms with Crippen molar-refractivity contribution in [3.8, 4) is 17.2 Å². The van der Waals surface area contributed by atoms with E-state index >= 15 is 4.39 Å². The number of rotatable bonds is 4. The number of hydrogen-bond acceptors (Lipinski definition) is 4. The number of pyridine rings is 2. The van der Waals surface area contributed by atoms with Crippen molar-refractivity contribution in [1.82, 2.24) is 19.1 Å². The SMILES string of the molecule is Cn1cncc1[C@@](F)(c1ccc(Cl)cc1)c1cc2c(-c3cccc(C#N)c3)cc(=O)n(C)c2cn1. The molecule has 3 aromatic heterocycles. The van der Waals surface area contributed by atoms with Crippen LogP contribution in [0.5, 0.6) is 0 Å². The molecule has 0 spiro atoms. The van der Waals surface area contributed by atoms with Gasteiger partial charge in [-0.25, -0.2) is 9.37 Å². The number of fused-ring (bicyclic) bond motifs is 1. The normalized spacial score (nSPS) is 12.9. The molecule has 1 atom stereocenters. The second kappa shape index (κ2) is 8.49. The smallest absolute Gasteiger partial charge is 0.251 e. The van der Waals surface area contributed by atoms with Crippen LogP contribution in [0.15, 0.2) is 84.2 Å². The number of alkyl halides is 1. The van der Waals surface area contributed by atoms with Gasteiger partial charge >= 0.3 is 0 Å². The summed E-state index contributed by atoms with van der Waals surface area (Å²) in [4.78, 5) is 21.3. The minimum Gasteiger partial charge on any atom is -0.334 e. The van der Waals surface area contributed by atoms with Gasteiger partial charge in [-0.15, -0.1) is 0 Å². The molecule has 3 heterocycles. The number of nitriles is 1. The van der Waals surface area contributed by atoms with Crippen molar-refractivity contribution in [2.75, 3.05) is 0 Å². The van der Waals surface area contributed by atoms with E-state index in [1.165, 1.54) is 29.4 Å². The van der Waals surface area contributed by atoms with Crippen molar-refractivity contribution in [1.29, 1.82) is 5.26 Å². The summed E-state index contributed by atoms with van der Waals surface area (Å²) in [5.74, 6) is 0. The number of benzene rings is 2. The van der Waals surface area contributed by atoms with Gasteiger partial charge in [0.15, 0.2) is 0 Å². The van der Waals surface area contributed by atoms with Gasteiger partial charge in [0.25, 0.3) is 5.56 Å². The first-order valence-corrected chi connectivity index (χ1v) is 11.1. The molecule has 0 N–H and O–H groups in total. The molecule has 0 amide bonds. The highest BCUT2D eigenvalue weighted by atomic mass is 35.5. The van der Waals surface area contributed by atoms with Gasteiger partial charge < -0.3 is 9.13 Å². The summed E-state index contributed by atoms with van der Waals surface area (Å²) in [7, 11) is 3.36. The standard InChI is InChI=1S/C27H19ClFN5O/c1-33-16-31-15-25(33)27(29,19-6-8-20(28)9-7-19)24-11-22-21(18-5-3-4-17(10-18)13-30)12-26(35)34(2)23(22)14-32-24/h3-12,14-16H,1-2H3/t27-/m1/s1. The van der Waals surface area contributed by atoms with Crippen LogP contribution >= 0.6 is 11.6 Å². The lowest BCUT2D eigenvalue weighted by atomic mass is 9.87. The van der Waals surface area contributed by atoms with E-state index in [1.807, 2.05) is 6.07 Å². The van der Waals surface area contributed by atoms with Crippen LogP contribution in [-0.2, 0) is 19.8 Å². The number of nitrogens with zero attached hydrogens (tertiary/aromatic N) is 5. The minimum absolute atomic E-state index is 0.132. The van der Waals surface area contributed by atoms with Crippen molar-refractivity contribution in [3.63, 3.8) is 0 Å². The largest absolute Gasteiger partial charge is 0.334 e. The molecule has 0 aliphatic carbocycles. The molecule has 0 fully saturated rings. The predicted molar refractivity (Wildman–Crippen MR) is 133 cm³/mol. The Balaban J connectivity index is 1.84. The fourth-order valence-electron chi connectivity index (χ4n) is 4.33. The Morgan fingerprint density at radius 1 is 1.06 bits per heavy atom. The topological polar surface area (TPSA) is 76.5 Å². The fraction of sp³-hybridized carbons (Fsp3) is 0.111. The second-order valence-corrected chi connectivity index (χ2v) is 8.73. The summed E-state index contributed by atoms with van der Waals surface area (Å²) in [6.45, 7) is 0. The number of hydrogen-bond donors (Lipinski definition) is 0. The van der Waals surface area contributed by atoms with Crippen LogP contribution in [0.4, 0.5) is 4.39 Å². The Morgan fingerprint density at radius 3 is 2.51 bits per heavy atom. The van der Waals surface area contributed by atoms with Crippen LogP contribution in [0, 0.1) is 11.3 Å². The van der Waals surface area contributed by atoms with Crippen LogP contribution in [-0.4, -0.2) is 19.1 Å². The summed E-state index contributed by atoms with van der Waals surface area (Å²) in [5, 5.41) is 10.5. The number of imidazole rings is 1. The van der Waals surface area contributed by atoms with Gasteiger partial charge in [-0.3, -0.25) is 9.78 Å². The first-order valence-electron chi connectivity index (χ1n) is 10.8. The van der Waals surface area contributed by atoms with E-state index in [1.54, 1.807) is 67.2 Å². The number of aryl methyl sites for hydroxylation is 2. The Bertz CT molecular complexity index is 1680. The fourth-order valence-corrected chi connectivity index (χ4v) is 4.45. The van der Waals surface area contributed by atoms with E-state index < -0.39 is 5.67 Å². The van der Waals surface area contributed by atoms with Crippen LogP contribution in [0.3, 0.4) is 0 Å². The van der Waals surface area contributed by atoms with Crippen LogP contribution < -0.4 is 5.56 Å². The quantitative estimate of drug-likeness (QED) is 0.355. The molecule has 0 saturated carbocycles. The van der Waals surface area contributed by atoms with E-state index in [0.29, 0.717) is 43.9 Å². The predicted octanol–water partition coefficient (Wildman–Crippen LogP) is 5.12. The molecule has 0 radical (unpaired) electrons. The zero-order valence-electron chi connectivity index (χ0n) is 18.9. The summed E-state index contributed by atoms with van der Waals surface area (Å²) in [5.41, 5.74) is 0.660. The summed E-state index contributed by atoms with van der Waals surface area (Å²) < 4.78 is 20.4. The molecule has 172 valence electrons. The molecule has 6 nitrogen and oxygen atoms in total. The molecule has 8 heteroatoms. The number of aromatic nitrogens is 4. The molecule has 5 aromatic rings. The zero-order valence-corrected chi connectivity index (χ0v) is 19.7. The van der Waals surface area contributed by atoms with Crippen LogP contribution in [0.2, 0.25) is 5.02 Å². The van der Waals surface area contributed by atoms with Crippen molar-refractivity contribution < 1.29 is 4.39 Å². The lowest BCUT2D eigenvalue weighted by Gasteiger charge is -2.26. The summed E-state index contributed by atoms with van der Waals surface area (Å²) >= 11 is 6.08. The molecule has 35 heavy (non-hydrogen) atoms. The molecule has 2 aromatic carbocycles. The first-order chi connectivity index (χ1) is 16.8. The third-order valence-electron chi connectivity index (χ3n) is 6.20. The molecule has 5 rings (SSSR count). The summed E-state index contributed by atoms with van der Waals surface area (Å²) in [6.07, 6.45) is 4.51. The monoisotopic (exact) mass is 483 g/mol. The molecular formula is C27H19ClFN5O. The van der Waals surface area contributed by atoms with Crippen LogP contribution in [0.25, 0.3) is 22.0 Å². The van der Waals surface area contributed by atoms with E-state index in [0.717, 1.165) is 0 Å². The zero-order chi connectivity index (χ0) is 24.7. The lowest BCUT2D eigenvalue weighted by molar-refractivity contribution is 0.260. The average Bonchev–Trinajstić information content (AvgIpc) is 3.32. The van der Waals surface area contributed by atoms with Gasteiger partial charge in [-0.1, -0.05) is 35.9 Å². The Kier molecular flexibility index (Phi) is 5.46. The van der Waals surface area contributed by atoms with Gasteiger partial charge in [0.1, 0.15) is 0 Å². The minimum atomic E-state index is -2.15. The number of halogens is 2. The maximum Gasteiger partial charge on any atom is 0.251 e. The highest BCUT2D eigenvalue weighted by Gasteiger charge is 2.41. The van der Waals surface area contributed by atoms with E-state index in [4.69, 9.17) is 11.6 Å². The van der Waals surface area contributed by atoms with Crippen molar-refractivity contribution >= 4 is 22.5 Å². The molecule has 0 unspecified atom stereocenters. The van der Waals surface area contributed by atoms with Gasteiger partial charge in [0, 0.05) is 36.1 Å². The molecule has 0 saturated heterocycles. The molecular weight excluding hydrogens is 465 g/mol. The second-order valence-electron chi connectivity index (χ2n) is 8.29. The van der Waals surface area contributed by atoms with Gasteiger partial charge in [-0.05, 0) is 41.5 Å². The Hall–Kier alpha value is -4.28. The maximum absolute atomic E-state index is 17.3. The van der Waals surface area contributed by atoms with Gasteiger partial charge in [0.05, 0.1) is 47.3 Å². The van der Waals surface area contributed by atoms with Gasteiger partial charge in [0.2, 0.25) is 5.67 Å². The molecule has 0 bridgehead atoms. The van der Waals surface area contributed by atoms with Gasteiger partial charge in [-0.2, -0.15) is 5.26 Å². The summed E-state index contributed by atoms with van der Waals surface area (Å²) in [6, 6.07) is 18.7. The van der Waals surface area contributed by atoms with E-state index in [-0.39, 0.29) is 11.3 Å². The van der Waals surface area contributed by atoms with Crippen LogP contribution in [0.1, 0.15) is 22.5 Å². The average molecular weight is 484 g/mol.